The summed E-state index contributed by atoms with van der Waals surface area (Å²) in [6.45, 7) is 2.15. The summed E-state index contributed by atoms with van der Waals surface area (Å²) < 4.78 is 0. The molecule has 1 saturated carbocycles. The van der Waals surface area contributed by atoms with E-state index in [-0.39, 0.29) is 5.69 Å². The number of carboxylic acid groups (broad SMARTS) is 1. The Kier molecular flexibility index (Phi) is 4.41. The van der Waals surface area contributed by atoms with Crippen molar-refractivity contribution in [3.63, 3.8) is 0 Å². The molecule has 2 unspecified atom stereocenters. The Bertz CT molecular complexity index is 428. The molecule has 0 spiro atoms. The van der Waals surface area contributed by atoms with Gasteiger partial charge in [-0.15, -0.1) is 0 Å². The van der Waals surface area contributed by atoms with Crippen LogP contribution < -0.4 is 5.32 Å². The number of hydrogen-bond donors (Lipinski definition) is 2. The fraction of sp³-hybridized carbons (Fsp3) is 0.583. The number of nitrogens with zero attached hydrogens (tertiary/aromatic N) is 2. The molecule has 0 radical (unpaired) electrons. The van der Waals surface area contributed by atoms with Gasteiger partial charge in [0.05, 0.1) is 0 Å². The lowest BCUT2D eigenvalue weighted by molar-refractivity contribution is 0.0690. The van der Waals surface area contributed by atoms with Crippen LogP contribution in [0.25, 0.3) is 0 Å². The number of nitrogens with one attached hydrogen (secondary N) is 1. The van der Waals surface area contributed by atoms with Gasteiger partial charge in [-0.05, 0) is 24.7 Å². The Morgan fingerprint density at radius 2 is 2.44 bits per heavy atom. The number of carbonyl (C=O) groups is 1. The summed E-state index contributed by atoms with van der Waals surface area (Å²) in [5.41, 5.74) is 0.0326. The number of rotatable bonds is 5. The summed E-state index contributed by atoms with van der Waals surface area (Å²) in [6.07, 6.45) is 4.98. The topological polar surface area (TPSA) is 75.1 Å². The SMILES string of the molecule is CCSC1CCCC1Nc1nccc(C(=O)O)n1. The number of thioether (sulfide) groups is 1. The highest BCUT2D eigenvalue weighted by atomic mass is 32.2. The van der Waals surface area contributed by atoms with E-state index in [4.69, 9.17) is 5.11 Å². The minimum Gasteiger partial charge on any atom is -0.477 e. The van der Waals surface area contributed by atoms with Gasteiger partial charge in [0.25, 0.3) is 0 Å². The van der Waals surface area contributed by atoms with E-state index < -0.39 is 5.97 Å². The number of anilines is 1. The minimum atomic E-state index is -1.02. The van der Waals surface area contributed by atoms with E-state index in [2.05, 4.69) is 22.2 Å². The van der Waals surface area contributed by atoms with Crippen molar-refractivity contribution < 1.29 is 9.90 Å². The molecule has 0 aromatic carbocycles. The third kappa shape index (κ3) is 3.13. The molecule has 1 fully saturated rings. The van der Waals surface area contributed by atoms with Gasteiger partial charge in [-0.1, -0.05) is 13.3 Å². The summed E-state index contributed by atoms with van der Waals surface area (Å²) >= 11 is 1.94. The van der Waals surface area contributed by atoms with E-state index in [0.717, 1.165) is 12.2 Å². The maximum Gasteiger partial charge on any atom is 0.354 e. The van der Waals surface area contributed by atoms with E-state index in [1.165, 1.54) is 25.1 Å². The van der Waals surface area contributed by atoms with Gasteiger partial charge in [0.15, 0.2) is 5.69 Å². The Hall–Kier alpha value is -1.30. The van der Waals surface area contributed by atoms with Gasteiger partial charge >= 0.3 is 5.97 Å². The molecule has 1 aliphatic rings. The predicted octanol–water partition coefficient (Wildman–Crippen LogP) is 2.26. The van der Waals surface area contributed by atoms with Crippen molar-refractivity contribution in [3.05, 3.63) is 18.0 Å². The molecule has 5 nitrogen and oxygen atoms in total. The molecule has 2 rings (SSSR count). The van der Waals surface area contributed by atoms with E-state index in [0.29, 0.717) is 17.2 Å². The Morgan fingerprint density at radius 3 is 3.17 bits per heavy atom. The van der Waals surface area contributed by atoms with E-state index in [1.807, 2.05) is 11.8 Å². The Labute approximate surface area is 110 Å². The minimum absolute atomic E-state index is 0.0326. The molecule has 1 heterocycles. The highest BCUT2D eigenvalue weighted by Crippen LogP contribution is 2.31. The van der Waals surface area contributed by atoms with Crippen molar-refractivity contribution in [1.29, 1.82) is 0 Å². The number of hydrogen-bond acceptors (Lipinski definition) is 5. The van der Waals surface area contributed by atoms with E-state index >= 15 is 0 Å². The second-order valence-corrected chi connectivity index (χ2v) is 5.76. The predicted molar refractivity (Wildman–Crippen MR) is 72.2 cm³/mol. The zero-order chi connectivity index (χ0) is 13.0. The summed E-state index contributed by atoms with van der Waals surface area (Å²) in [7, 11) is 0. The molecule has 2 atom stereocenters. The van der Waals surface area contributed by atoms with Crippen molar-refractivity contribution in [2.45, 2.75) is 37.5 Å². The normalized spacial score (nSPS) is 22.9. The van der Waals surface area contributed by atoms with E-state index in [1.54, 1.807) is 0 Å². The van der Waals surface area contributed by atoms with Crippen molar-refractivity contribution in [2.75, 3.05) is 11.1 Å². The molecule has 0 saturated heterocycles. The van der Waals surface area contributed by atoms with Crippen LogP contribution in [0.3, 0.4) is 0 Å². The molecule has 0 amide bonds. The zero-order valence-corrected chi connectivity index (χ0v) is 11.1. The average Bonchev–Trinajstić information content (AvgIpc) is 2.77. The first-order valence-corrected chi connectivity index (χ1v) is 7.20. The second-order valence-electron chi connectivity index (χ2n) is 4.25. The monoisotopic (exact) mass is 267 g/mol. The summed E-state index contributed by atoms with van der Waals surface area (Å²) in [5, 5.41) is 12.7. The third-order valence-electron chi connectivity index (χ3n) is 3.02. The number of aromatic nitrogens is 2. The van der Waals surface area contributed by atoms with Crippen LogP contribution >= 0.6 is 11.8 Å². The molecule has 1 aromatic heterocycles. The molecular formula is C12H17N3O2S. The number of carboxylic acids is 1. The third-order valence-corrected chi connectivity index (χ3v) is 4.35. The highest BCUT2D eigenvalue weighted by Gasteiger charge is 2.27. The Balaban J connectivity index is 2.04. The lowest BCUT2D eigenvalue weighted by Crippen LogP contribution is -2.27. The van der Waals surface area contributed by atoms with Gasteiger partial charge in [0.2, 0.25) is 5.95 Å². The van der Waals surface area contributed by atoms with Crippen LogP contribution in [0.2, 0.25) is 0 Å². The average molecular weight is 267 g/mol. The summed E-state index contributed by atoms with van der Waals surface area (Å²) in [5.74, 6) is 0.494. The van der Waals surface area contributed by atoms with Crippen molar-refractivity contribution in [2.24, 2.45) is 0 Å². The maximum absolute atomic E-state index is 10.8. The Morgan fingerprint density at radius 1 is 1.61 bits per heavy atom. The lowest BCUT2D eigenvalue weighted by atomic mass is 10.2. The van der Waals surface area contributed by atoms with E-state index in [9.17, 15) is 4.79 Å². The first-order chi connectivity index (χ1) is 8.70. The van der Waals surface area contributed by atoms with Crippen molar-refractivity contribution in [3.8, 4) is 0 Å². The second kappa shape index (κ2) is 6.04. The maximum atomic E-state index is 10.8. The molecule has 1 aliphatic carbocycles. The quantitative estimate of drug-likeness (QED) is 0.852. The molecule has 0 bridgehead atoms. The van der Waals surface area contributed by atoms with Gasteiger partial charge < -0.3 is 10.4 Å². The largest absolute Gasteiger partial charge is 0.477 e. The van der Waals surface area contributed by atoms with Crippen LogP contribution in [-0.2, 0) is 0 Å². The van der Waals surface area contributed by atoms with Crippen LogP contribution in [0, 0.1) is 0 Å². The molecule has 0 aliphatic heterocycles. The van der Waals surface area contributed by atoms with Gasteiger partial charge in [0.1, 0.15) is 0 Å². The highest BCUT2D eigenvalue weighted by molar-refractivity contribution is 7.99. The molecule has 18 heavy (non-hydrogen) atoms. The summed E-state index contributed by atoms with van der Waals surface area (Å²) in [4.78, 5) is 18.9. The first kappa shape index (κ1) is 13.1. The fourth-order valence-corrected chi connectivity index (χ4v) is 3.42. The fourth-order valence-electron chi connectivity index (χ4n) is 2.22. The van der Waals surface area contributed by atoms with Gasteiger partial charge in [-0.3, -0.25) is 0 Å². The van der Waals surface area contributed by atoms with Gasteiger partial charge in [0, 0.05) is 17.5 Å². The van der Waals surface area contributed by atoms with Gasteiger partial charge in [-0.2, -0.15) is 11.8 Å². The van der Waals surface area contributed by atoms with Crippen molar-refractivity contribution >= 4 is 23.7 Å². The number of aromatic carboxylic acids is 1. The van der Waals surface area contributed by atoms with Gasteiger partial charge in [-0.25, -0.2) is 14.8 Å². The van der Waals surface area contributed by atoms with Crippen LogP contribution in [-0.4, -0.2) is 38.1 Å². The van der Waals surface area contributed by atoms with Crippen LogP contribution in [0.15, 0.2) is 12.3 Å². The smallest absolute Gasteiger partial charge is 0.354 e. The first-order valence-electron chi connectivity index (χ1n) is 6.15. The zero-order valence-electron chi connectivity index (χ0n) is 10.3. The molecule has 98 valence electrons. The lowest BCUT2D eigenvalue weighted by Gasteiger charge is -2.19. The van der Waals surface area contributed by atoms with Crippen LogP contribution in [0.4, 0.5) is 5.95 Å². The summed E-state index contributed by atoms with van der Waals surface area (Å²) in [6, 6.07) is 1.75. The van der Waals surface area contributed by atoms with Crippen LogP contribution in [0.5, 0.6) is 0 Å². The molecule has 1 aromatic rings. The molecule has 2 N–H and O–H groups in total. The molecular weight excluding hydrogens is 250 g/mol. The van der Waals surface area contributed by atoms with Crippen molar-refractivity contribution in [1.82, 2.24) is 9.97 Å². The van der Waals surface area contributed by atoms with Crippen LogP contribution in [0.1, 0.15) is 36.7 Å². The standard InChI is InChI=1S/C12H17N3O2S/c1-2-18-10-5-3-4-8(10)14-12-13-7-6-9(15-12)11(16)17/h6-8,10H,2-5H2,1H3,(H,16,17)(H,13,14,15). The molecule has 6 heteroatoms.